The number of nitrogens with one attached hydrogen (secondary N) is 1. The highest BCUT2D eigenvalue weighted by molar-refractivity contribution is 6.32. The second-order valence-electron chi connectivity index (χ2n) is 9.70. The molecule has 2 aromatic carbocycles. The highest BCUT2D eigenvalue weighted by Gasteiger charge is 2.38. The Kier molecular flexibility index (Phi) is 6.64. The number of carbonyl (C=O) groups excluding carboxylic acids is 2. The van der Waals surface area contributed by atoms with Gasteiger partial charge in [-0.15, -0.1) is 0 Å². The van der Waals surface area contributed by atoms with E-state index in [1.54, 1.807) is 30.3 Å². The summed E-state index contributed by atoms with van der Waals surface area (Å²) in [4.78, 5) is 24.5. The van der Waals surface area contributed by atoms with Crippen LogP contribution in [0, 0.1) is 17.2 Å². The Labute approximate surface area is 193 Å². The number of nitriles is 1. The number of nitrogens with two attached hydrogens (primary N) is 1. The molecule has 2 aromatic rings. The van der Waals surface area contributed by atoms with Crippen LogP contribution in [0.4, 0.5) is 0 Å². The van der Waals surface area contributed by atoms with Gasteiger partial charge in [-0.2, -0.15) is 5.26 Å². The number of benzene rings is 2. The lowest BCUT2D eigenvalue weighted by atomic mass is 9.74. The molecule has 6 nitrogen and oxygen atoms in total. The molecule has 0 bridgehead atoms. The van der Waals surface area contributed by atoms with Gasteiger partial charge in [-0.25, -0.2) is 0 Å². The molecule has 1 heterocycles. The van der Waals surface area contributed by atoms with Gasteiger partial charge in [0.25, 0.3) is 0 Å². The number of hydrogen-bond acceptors (Lipinski definition) is 5. The third-order valence-electron chi connectivity index (χ3n) is 5.63. The highest BCUT2D eigenvalue weighted by atomic mass is 35.5. The van der Waals surface area contributed by atoms with Crippen molar-refractivity contribution >= 4 is 23.3 Å². The topological polar surface area (TPSA) is 105 Å². The molecule has 1 amide bonds. The summed E-state index contributed by atoms with van der Waals surface area (Å²) in [5.41, 5.74) is 5.90. The van der Waals surface area contributed by atoms with E-state index in [2.05, 4.69) is 33.0 Å². The lowest BCUT2D eigenvalue weighted by Gasteiger charge is -2.46. The number of primary amides is 1. The van der Waals surface area contributed by atoms with Crippen LogP contribution in [0.15, 0.2) is 36.4 Å². The van der Waals surface area contributed by atoms with E-state index in [0.29, 0.717) is 12.0 Å². The van der Waals surface area contributed by atoms with Gasteiger partial charge in [0.05, 0.1) is 10.6 Å². The molecule has 1 saturated heterocycles. The molecule has 1 aliphatic rings. The normalized spacial score (nSPS) is 17.4. The molecule has 1 fully saturated rings. The first kappa shape index (κ1) is 23.8. The Balaban J connectivity index is 1.78. The van der Waals surface area contributed by atoms with Crippen LogP contribution in [0.25, 0.3) is 0 Å². The number of Topliss-reactive ketones (excluding diaryl/α,β-unsaturated/α-hetero) is 1. The van der Waals surface area contributed by atoms with Crippen molar-refractivity contribution in [3.05, 3.63) is 58.1 Å². The molecule has 0 unspecified atom stereocenters. The monoisotopic (exact) mass is 453 g/mol. The molecule has 0 aliphatic carbocycles. The lowest BCUT2D eigenvalue weighted by Crippen LogP contribution is -2.57. The summed E-state index contributed by atoms with van der Waals surface area (Å²) in [5.74, 6) is 0.0429. The SMILES string of the molecule is CC1(C)CC(CC(=O)c2ccc(Oc3cccc(C(N)=O)c3C#N)c(Cl)c2)CC(C)(C)N1. The quantitative estimate of drug-likeness (QED) is 0.582. The number of carbonyl (C=O) groups is 2. The average molecular weight is 454 g/mol. The Morgan fingerprint density at radius 2 is 1.81 bits per heavy atom. The molecule has 3 rings (SSSR count). The van der Waals surface area contributed by atoms with Crippen molar-refractivity contribution in [2.75, 3.05) is 0 Å². The fourth-order valence-electron chi connectivity index (χ4n) is 4.87. The molecular weight excluding hydrogens is 426 g/mol. The van der Waals surface area contributed by atoms with Crippen LogP contribution in [0.2, 0.25) is 5.02 Å². The first-order valence-corrected chi connectivity index (χ1v) is 10.9. The molecule has 0 spiro atoms. The van der Waals surface area contributed by atoms with Gasteiger partial charge in [0.2, 0.25) is 5.91 Å². The summed E-state index contributed by atoms with van der Waals surface area (Å²) < 4.78 is 5.78. The molecule has 0 aromatic heterocycles. The minimum atomic E-state index is -0.719. The minimum absolute atomic E-state index is 0.0278. The zero-order valence-corrected chi connectivity index (χ0v) is 19.5. The second-order valence-corrected chi connectivity index (χ2v) is 10.1. The zero-order valence-electron chi connectivity index (χ0n) is 18.8. The number of halogens is 1. The maximum atomic E-state index is 13.0. The van der Waals surface area contributed by atoms with Crippen LogP contribution >= 0.6 is 11.6 Å². The van der Waals surface area contributed by atoms with Gasteiger partial charge in [-0.3, -0.25) is 9.59 Å². The number of hydrogen-bond donors (Lipinski definition) is 2. The van der Waals surface area contributed by atoms with Crippen LogP contribution in [-0.4, -0.2) is 22.8 Å². The van der Waals surface area contributed by atoms with E-state index >= 15 is 0 Å². The molecule has 32 heavy (non-hydrogen) atoms. The zero-order chi connectivity index (χ0) is 23.7. The number of nitrogens with zero attached hydrogens (tertiary/aromatic N) is 1. The van der Waals surface area contributed by atoms with Crippen molar-refractivity contribution in [3.63, 3.8) is 0 Å². The van der Waals surface area contributed by atoms with Gasteiger partial charge >= 0.3 is 0 Å². The molecule has 7 heteroatoms. The van der Waals surface area contributed by atoms with Crippen molar-refractivity contribution < 1.29 is 14.3 Å². The van der Waals surface area contributed by atoms with Crippen molar-refractivity contribution in [3.8, 4) is 17.6 Å². The van der Waals surface area contributed by atoms with Crippen LogP contribution in [0.3, 0.4) is 0 Å². The van der Waals surface area contributed by atoms with Crippen molar-refractivity contribution in [1.82, 2.24) is 5.32 Å². The number of ketones is 1. The fraction of sp³-hybridized carbons (Fsp3) is 0.400. The Bertz CT molecular complexity index is 1090. The number of rotatable bonds is 6. The Hall–Kier alpha value is -2.88. The van der Waals surface area contributed by atoms with Gasteiger partial charge in [0.15, 0.2) is 5.78 Å². The summed E-state index contributed by atoms with van der Waals surface area (Å²) in [6.45, 7) is 8.66. The molecule has 1 aliphatic heterocycles. The number of amides is 1. The van der Waals surface area contributed by atoms with E-state index in [1.165, 1.54) is 6.07 Å². The van der Waals surface area contributed by atoms with E-state index in [1.807, 2.05) is 6.07 Å². The first-order valence-electron chi connectivity index (χ1n) is 10.5. The molecule has 0 atom stereocenters. The summed E-state index contributed by atoms with van der Waals surface area (Å²) in [7, 11) is 0. The predicted molar refractivity (Wildman–Crippen MR) is 124 cm³/mol. The maximum absolute atomic E-state index is 13.0. The van der Waals surface area contributed by atoms with Gasteiger partial charge < -0.3 is 15.8 Å². The largest absolute Gasteiger partial charge is 0.454 e. The predicted octanol–water partition coefficient (Wildman–Crippen LogP) is 5.23. The van der Waals surface area contributed by atoms with Crippen LogP contribution in [-0.2, 0) is 0 Å². The van der Waals surface area contributed by atoms with E-state index in [-0.39, 0.29) is 50.4 Å². The second kappa shape index (κ2) is 8.93. The average Bonchev–Trinajstić information content (AvgIpc) is 2.66. The first-order chi connectivity index (χ1) is 14.9. The maximum Gasteiger partial charge on any atom is 0.250 e. The van der Waals surface area contributed by atoms with E-state index in [0.717, 1.165) is 12.8 Å². The molecule has 0 saturated carbocycles. The van der Waals surface area contributed by atoms with Crippen molar-refractivity contribution in [2.24, 2.45) is 11.7 Å². The molecule has 0 radical (unpaired) electrons. The van der Waals surface area contributed by atoms with Crippen LogP contribution < -0.4 is 15.8 Å². The van der Waals surface area contributed by atoms with Gasteiger partial charge in [-0.1, -0.05) is 17.7 Å². The number of piperidine rings is 1. The van der Waals surface area contributed by atoms with E-state index in [9.17, 15) is 14.9 Å². The third kappa shape index (κ3) is 5.48. The summed E-state index contributed by atoms with van der Waals surface area (Å²) in [6.07, 6.45) is 2.29. The van der Waals surface area contributed by atoms with Crippen LogP contribution in [0.1, 0.15) is 73.2 Å². The van der Waals surface area contributed by atoms with Crippen LogP contribution in [0.5, 0.6) is 11.5 Å². The molecule has 3 N–H and O–H groups in total. The summed E-state index contributed by atoms with van der Waals surface area (Å²) in [6, 6.07) is 11.4. The third-order valence-corrected chi connectivity index (χ3v) is 5.92. The summed E-state index contributed by atoms with van der Waals surface area (Å²) in [5, 5.41) is 13.3. The standard InChI is InChI=1S/C25H28ClN3O3/c1-24(2)12-15(13-25(3,4)29-24)10-20(30)16-8-9-22(19(26)11-16)32-21-7-5-6-17(23(28)31)18(21)14-27/h5-9,11,15,29H,10,12-13H2,1-4H3,(H2,28,31). The Morgan fingerprint density at radius 1 is 1.16 bits per heavy atom. The smallest absolute Gasteiger partial charge is 0.250 e. The summed E-state index contributed by atoms with van der Waals surface area (Å²) >= 11 is 6.39. The molecule has 168 valence electrons. The number of ether oxygens (including phenoxy) is 1. The van der Waals surface area contributed by atoms with Gasteiger partial charge in [0, 0.05) is 23.1 Å². The van der Waals surface area contributed by atoms with Gasteiger partial charge in [0.1, 0.15) is 23.1 Å². The lowest BCUT2D eigenvalue weighted by molar-refractivity contribution is 0.0863. The van der Waals surface area contributed by atoms with E-state index in [4.69, 9.17) is 22.1 Å². The minimum Gasteiger partial charge on any atom is -0.454 e. The highest BCUT2D eigenvalue weighted by Crippen LogP contribution is 2.37. The van der Waals surface area contributed by atoms with Crippen molar-refractivity contribution in [2.45, 2.75) is 58.0 Å². The molecular formula is C25H28ClN3O3. The van der Waals surface area contributed by atoms with Crippen molar-refractivity contribution in [1.29, 1.82) is 5.26 Å². The van der Waals surface area contributed by atoms with E-state index < -0.39 is 5.91 Å². The Morgan fingerprint density at radius 3 is 2.38 bits per heavy atom. The fourth-order valence-corrected chi connectivity index (χ4v) is 5.09. The van der Waals surface area contributed by atoms with Gasteiger partial charge in [-0.05, 0) is 76.8 Å².